The van der Waals surface area contributed by atoms with Crippen molar-refractivity contribution in [1.82, 2.24) is 10.2 Å². The van der Waals surface area contributed by atoms with E-state index in [0.29, 0.717) is 11.8 Å². The molecule has 0 aromatic carbocycles. The number of likely N-dealkylation sites (tertiary alicyclic amines) is 1. The fraction of sp³-hybridized carbons (Fsp3) is 0.846. The molecule has 1 aliphatic heterocycles. The second-order valence-electron chi connectivity index (χ2n) is 4.87. The molecule has 1 N–H and O–H groups in total. The number of nitrogens with one attached hydrogen (secondary N) is 1. The minimum Gasteiger partial charge on any atom is -0.467 e. The minimum absolute atomic E-state index is 0.202. The quantitative estimate of drug-likeness (QED) is 0.761. The third-order valence-electron chi connectivity index (χ3n) is 3.41. The van der Waals surface area contributed by atoms with Gasteiger partial charge in [-0.15, -0.1) is 0 Å². The summed E-state index contributed by atoms with van der Waals surface area (Å²) in [6.07, 6.45) is 5.64. The fourth-order valence-electron chi connectivity index (χ4n) is 2.37. The number of hydrogen-bond donors (Lipinski definition) is 1. The van der Waals surface area contributed by atoms with Crippen LogP contribution >= 0.6 is 11.8 Å². The van der Waals surface area contributed by atoms with Crippen LogP contribution in [0.4, 0.5) is 0 Å². The lowest BCUT2D eigenvalue weighted by atomic mass is 10.2. The van der Waals surface area contributed by atoms with Gasteiger partial charge in [-0.2, -0.15) is 11.8 Å². The van der Waals surface area contributed by atoms with Gasteiger partial charge in [-0.3, -0.25) is 4.79 Å². The van der Waals surface area contributed by atoms with Crippen LogP contribution in [0.2, 0.25) is 0 Å². The van der Waals surface area contributed by atoms with Crippen LogP contribution in [-0.4, -0.2) is 61.1 Å². The van der Waals surface area contributed by atoms with Gasteiger partial charge >= 0.3 is 5.97 Å². The average Bonchev–Trinajstić information content (AvgIpc) is 2.61. The Morgan fingerprint density at radius 3 is 2.74 bits per heavy atom. The number of methoxy groups -OCH3 is 1. The van der Waals surface area contributed by atoms with Gasteiger partial charge in [0.2, 0.25) is 5.91 Å². The molecule has 2 unspecified atom stereocenters. The summed E-state index contributed by atoms with van der Waals surface area (Å²) >= 11 is 1.91. The number of nitrogens with zero attached hydrogens (tertiary/aromatic N) is 1. The topological polar surface area (TPSA) is 58.6 Å². The van der Waals surface area contributed by atoms with Crippen LogP contribution in [0.3, 0.4) is 0 Å². The van der Waals surface area contributed by atoms with Gasteiger partial charge in [-0.1, -0.05) is 0 Å². The number of carbonyl (C=O) groups excluding carboxylic acids is 2. The number of thioether (sulfide) groups is 1. The van der Waals surface area contributed by atoms with Gasteiger partial charge in [0.05, 0.1) is 7.11 Å². The van der Waals surface area contributed by atoms with Crippen molar-refractivity contribution in [2.24, 2.45) is 0 Å². The highest BCUT2D eigenvalue weighted by Crippen LogP contribution is 2.21. The Morgan fingerprint density at radius 2 is 2.16 bits per heavy atom. The van der Waals surface area contributed by atoms with E-state index in [1.807, 2.05) is 11.8 Å². The molecule has 0 bridgehead atoms. The van der Waals surface area contributed by atoms with Crippen LogP contribution in [0, 0.1) is 0 Å². The molecule has 1 heterocycles. The molecule has 0 spiro atoms. The van der Waals surface area contributed by atoms with Crippen molar-refractivity contribution in [3.63, 3.8) is 0 Å². The molecule has 0 aliphatic carbocycles. The molecule has 6 heteroatoms. The first kappa shape index (κ1) is 16.3. The highest BCUT2D eigenvalue weighted by Gasteiger charge is 2.25. The van der Waals surface area contributed by atoms with Gasteiger partial charge in [-0.05, 0) is 38.6 Å². The van der Waals surface area contributed by atoms with E-state index in [0.717, 1.165) is 25.9 Å². The summed E-state index contributed by atoms with van der Waals surface area (Å²) in [5.41, 5.74) is 0. The molecule has 1 fully saturated rings. The van der Waals surface area contributed by atoms with E-state index in [-0.39, 0.29) is 11.9 Å². The number of rotatable bonds is 5. The maximum atomic E-state index is 11.7. The fourth-order valence-corrected chi connectivity index (χ4v) is 3.11. The first-order chi connectivity index (χ1) is 9.06. The highest BCUT2D eigenvalue weighted by atomic mass is 32.2. The van der Waals surface area contributed by atoms with Crippen molar-refractivity contribution < 1.29 is 14.3 Å². The maximum Gasteiger partial charge on any atom is 0.329 e. The summed E-state index contributed by atoms with van der Waals surface area (Å²) in [4.78, 5) is 25.0. The van der Waals surface area contributed by atoms with Crippen molar-refractivity contribution >= 4 is 23.6 Å². The standard InChI is InChI=1S/C13H24N2O3S/c1-10(16)14-12(13(17)18-2)9-15-7-4-5-11(19-3)6-8-15/h11-12H,4-9H2,1-3H3,(H,14,16). The van der Waals surface area contributed by atoms with Gasteiger partial charge in [0.15, 0.2) is 0 Å². The largest absolute Gasteiger partial charge is 0.467 e. The van der Waals surface area contributed by atoms with Crippen molar-refractivity contribution in [2.75, 3.05) is 33.0 Å². The van der Waals surface area contributed by atoms with Crippen LogP contribution in [0.25, 0.3) is 0 Å². The van der Waals surface area contributed by atoms with Crippen LogP contribution < -0.4 is 5.32 Å². The zero-order valence-electron chi connectivity index (χ0n) is 12.0. The van der Waals surface area contributed by atoms with Gasteiger partial charge in [0, 0.05) is 18.7 Å². The van der Waals surface area contributed by atoms with Crippen LogP contribution in [-0.2, 0) is 14.3 Å². The number of hydrogen-bond acceptors (Lipinski definition) is 5. The number of esters is 1. The molecule has 1 saturated heterocycles. The second-order valence-corrected chi connectivity index (χ2v) is 6.00. The molecule has 5 nitrogen and oxygen atoms in total. The Balaban J connectivity index is 2.53. The molecule has 110 valence electrons. The molecule has 1 amide bonds. The van der Waals surface area contributed by atoms with Gasteiger partial charge in [-0.25, -0.2) is 4.79 Å². The van der Waals surface area contributed by atoms with Crippen molar-refractivity contribution in [3.8, 4) is 0 Å². The summed E-state index contributed by atoms with van der Waals surface area (Å²) in [7, 11) is 1.35. The molecular weight excluding hydrogens is 264 g/mol. The first-order valence-corrected chi connectivity index (χ1v) is 7.95. The molecule has 0 aromatic rings. The van der Waals surface area contributed by atoms with E-state index < -0.39 is 6.04 Å². The Labute approximate surface area is 119 Å². The zero-order chi connectivity index (χ0) is 14.3. The first-order valence-electron chi connectivity index (χ1n) is 6.67. The van der Waals surface area contributed by atoms with Crippen molar-refractivity contribution in [1.29, 1.82) is 0 Å². The molecular formula is C13H24N2O3S. The highest BCUT2D eigenvalue weighted by molar-refractivity contribution is 7.99. The number of ether oxygens (including phenoxy) is 1. The van der Waals surface area contributed by atoms with E-state index in [1.54, 1.807) is 0 Å². The van der Waals surface area contributed by atoms with Crippen LogP contribution in [0.15, 0.2) is 0 Å². The smallest absolute Gasteiger partial charge is 0.329 e. The molecule has 1 aliphatic rings. The van der Waals surface area contributed by atoms with Gasteiger partial charge in [0.1, 0.15) is 6.04 Å². The Kier molecular flexibility index (Phi) is 7.23. The predicted octanol–water partition coefficient (Wildman–Crippen LogP) is 0.882. The minimum atomic E-state index is -0.562. The predicted molar refractivity (Wildman–Crippen MR) is 77.2 cm³/mol. The Bertz CT molecular complexity index is 312. The van der Waals surface area contributed by atoms with Crippen LogP contribution in [0.1, 0.15) is 26.2 Å². The van der Waals surface area contributed by atoms with E-state index in [1.165, 1.54) is 20.5 Å². The number of amides is 1. The Morgan fingerprint density at radius 1 is 1.42 bits per heavy atom. The maximum absolute atomic E-state index is 11.7. The average molecular weight is 288 g/mol. The third kappa shape index (κ3) is 5.82. The van der Waals surface area contributed by atoms with Crippen molar-refractivity contribution in [3.05, 3.63) is 0 Å². The summed E-state index contributed by atoms with van der Waals surface area (Å²) in [5.74, 6) is -0.576. The summed E-state index contributed by atoms with van der Waals surface area (Å²) in [6, 6.07) is -0.562. The van der Waals surface area contributed by atoms with E-state index in [2.05, 4.69) is 16.5 Å². The van der Waals surface area contributed by atoms with Gasteiger partial charge < -0.3 is 15.0 Å². The monoisotopic (exact) mass is 288 g/mol. The lowest BCUT2D eigenvalue weighted by Crippen LogP contribution is -2.48. The summed E-state index contributed by atoms with van der Waals surface area (Å²) < 4.78 is 4.74. The Hall–Kier alpha value is -0.750. The number of carbonyl (C=O) groups is 2. The van der Waals surface area contributed by atoms with Crippen LogP contribution in [0.5, 0.6) is 0 Å². The normalized spacial score (nSPS) is 22.4. The zero-order valence-corrected chi connectivity index (χ0v) is 12.8. The summed E-state index contributed by atoms with van der Waals surface area (Å²) in [5, 5.41) is 3.37. The third-order valence-corrected chi connectivity index (χ3v) is 4.54. The van der Waals surface area contributed by atoms with E-state index in [9.17, 15) is 9.59 Å². The van der Waals surface area contributed by atoms with E-state index in [4.69, 9.17) is 4.74 Å². The molecule has 19 heavy (non-hydrogen) atoms. The molecule has 0 radical (unpaired) electrons. The lowest BCUT2D eigenvalue weighted by Gasteiger charge is -2.25. The van der Waals surface area contributed by atoms with Gasteiger partial charge in [0.25, 0.3) is 0 Å². The SMILES string of the molecule is COC(=O)C(CN1CCCC(SC)CC1)NC(C)=O. The summed E-state index contributed by atoms with van der Waals surface area (Å²) in [6.45, 7) is 3.90. The molecule has 2 atom stereocenters. The lowest BCUT2D eigenvalue weighted by molar-refractivity contribution is -0.145. The molecule has 0 saturated carbocycles. The second kappa shape index (κ2) is 8.43. The molecule has 1 rings (SSSR count). The van der Waals surface area contributed by atoms with E-state index >= 15 is 0 Å². The van der Waals surface area contributed by atoms with Crippen molar-refractivity contribution in [2.45, 2.75) is 37.5 Å². The molecule has 0 aromatic heterocycles.